The van der Waals surface area contributed by atoms with Crippen molar-refractivity contribution in [1.29, 1.82) is 0 Å². The number of hydrogen-bond donors (Lipinski definition) is 1. The molecule has 0 aromatic heterocycles. The van der Waals surface area contributed by atoms with Crippen molar-refractivity contribution < 1.29 is 0 Å². The van der Waals surface area contributed by atoms with Gasteiger partial charge in [0.1, 0.15) is 0 Å². The van der Waals surface area contributed by atoms with Crippen LogP contribution in [-0.2, 0) is 0 Å². The molecule has 2 aliphatic carbocycles. The predicted octanol–water partition coefficient (Wildman–Crippen LogP) is 3.35. The number of likely N-dealkylation sites (N-methyl/N-ethyl adjacent to an activating group) is 1. The van der Waals surface area contributed by atoms with Gasteiger partial charge in [-0.25, -0.2) is 0 Å². The van der Waals surface area contributed by atoms with Gasteiger partial charge in [-0.1, -0.05) is 44.9 Å². The van der Waals surface area contributed by atoms with Crippen LogP contribution in [0.4, 0.5) is 0 Å². The summed E-state index contributed by atoms with van der Waals surface area (Å²) in [5.41, 5.74) is 0. The third-order valence-corrected chi connectivity index (χ3v) is 6.70. The van der Waals surface area contributed by atoms with Gasteiger partial charge in [0.25, 0.3) is 0 Å². The van der Waals surface area contributed by atoms with Crippen molar-refractivity contribution in [3.63, 3.8) is 0 Å². The summed E-state index contributed by atoms with van der Waals surface area (Å²) in [7, 11) is 2.25. The fourth-order valence-corrected chi connectivity index (χ4v) is 5.33. The van der Waals surface area contributed by atoms with Gasteiger partial charge in [0.15, 0.2) is 0 Å². The van der Waals surface area contributed by atoms with E-state index in [1.54, 1.807) is 0 Å². The van der Waals surface area contributed by atoms with Crippen molar-refractivity contribution in [2.75, 3.05) is 39.8 Å². The Morgan fingerprint density at radius 1 is 0.870 bits per heavy atom. The minimum absolute atomic E-state index is 0.646. The van der Waals surface area contributed by atoms with Crippen molar-refractivity contribution in [3.8, 4) is 0 Å². The lowest BCUT2D eigenvalue weighted by molar-refractivity contribution is 0.118. The van der Waals surface area contributed by atoms with Crippen molar-refractivity contribution in [2.45, 2.75) is 76.8 Å². The van der Waals surface area contributed by atoms with E-state index >= 15 is 0 Å². The van der Waals surface area contributed by atoms with Gasteiger partial charge in [0, 0.05) is 44.8 Å². The molecule has 1 heterocycles. The van der Waals surface area contributed by atoms with Gasteiger partial charge in [-0.2, -0.15) is 0 Å². The summed E-state index contributed by atoms with van der Waals surface area (Å²) in [6.45, 7) is 8.63. The molecule has 3 nitrogen and oxygen atoms in total. The van der Waals surface area contributed by atoms with Crippen molar-refractivity contribution in [1.82, 2.24) is 15.1 Å². The molecule has 0 spiro atoms. The molecule has 0 amide bonds. The van der Waals surface area contributed by atoms with E-state index in [9.17, 15) is 0 Å². The maximum atomic E-state index is 4.07. The minimum atomic E-state index is 0.646. The number of rotatable bonds is 5. The first-order valence-corrected chi connectivity index (χ1v) is 10.4. The van der Waals surface area contributed by atoms with E-state index in [1.807, 2.05) is 0 Å². The molecule has 3 atom stereocenters. The second-order valence-corrected chi connectivity index (χ2v) is 8.62. The lowest BCUT2D eigenvalue weighted by Crippen LogP contribution is -2.52. The van der Waals surface area contributed by atoms with E-state index < -0.39 is 0 Å². The molecular formula is C20H39N3. The molecule has 3 aliphatic rings. The highest BCUT2D eigenvalue weighted by molar-refractivity contribution is 4.89. The van der Waals surface area contributed by atoms with Crippen molar-refractivity contribution >= 4 is 0 Å². The maximum absolute atomic E-state index is 4.07. The van der Waals surface area contributed by atoms with Crippen LogP contribution in [0.3, 0.4) is 0 Å². The monoisotopic (exact) mass is 321 g/mol. The highest BCUT2D eigenvalue weighted by atomic mass is 15.3. The summed E-state index contributed by atoms with van der Waals surface area (Å²) in [6.07, 6.45) is 13.3. The lowest BCUT2D eigenvalue weighted by atomic mass is 9.71. The quantitative estimate of drug-likeness (QED) is 0.838. The smallest absolute Gasteiger partial charge is 0.0169 e. The Balaban J connectivity index is 1.47. The van der Waals surface area contributed by atoms with Crippen LogP contribution >= 0.6 is 0 Å². The van der Waals surface area contributed by atoms with Gasteiger partial charge in [-0.3, -0.25) is 4.90 Å². The van der Waals surface area contributed by atoms with Crippen molar-refractivity contribution in [2.24, 2.45) is 11.8 Å². The van der Waals surface area contributed by atoms with E-state index in [-0.39, 0.29) is 0 Å². The topological polar surface area (TPSA) is 18.5 Å². The Morgan fingerprint density at radius 3 is 2.26 bits per heavy atom. The summed E-state index contributed by atoms with van der Waals surface area (Å²) in [5.74, 6) is 2.00. The van der Waals surface area contributed by atoms with Crippen molar-refractivity contribution in [3.05, 3.63) is 0 Å². The molecular weight excluding hydrogens is 282 g/mol. The van der Waals surface area contributed by atoms with Gasteiger partial charge in [0.2, 0.25) is 0 Å². The van der Waals surface area contributed by atoms with E-state index in [0.29, 0.717) is 6.04 Å². The molecule has 0 aromatic rings. The standard InChI is InChI=1S/C20H39N3/c1-17(16-23-14-12-22(2)13-15-23)21-20-11-7-6-10-19(20)18-8-4-3-5-9-18/h17-21H,3-16H2,1-2H3/t17-,19-,20+/m1/s1. The molecule has 23 heavy (non-hydrogen) atoms. The van der Waals surface area contributed by atoms with Gasteiger partial charge in [0.05, 0.1) is 0 Å². The van der Waals surface area contributed by atoms with Gasteiger partial charge in [-0.15, -0.1) is 0 Å². The van der Waals surface area contributed by atoms with Gasteiger partial charge >= 0.3 is 0 Å². The second-order valence-electron chi connectivity index (χ2n) is 8.62. The highest BCUT2D eigenvalue weighted by Gasteiger charge is 2.33. The Kier molecular flexibility index (Phi) is 6.79. The molecule has 3 rings (SSSR count). The average Bonchev–Trinajstić information content (AvgIpc) is 2.58. The van der Waals surface area contributed by atoms with Gasteiger partial charge in [-0.05, 0) is 38.6 Å². The second kappa shape index (κ2) is 8.82. The number of hydrogen-bond acceptors (Lipinski definition) is 3. The van der Waals surface area contributed by atoms with Crippen LogP contribution in [0, 0.1) is 11.8 Å². The van der Waals surface area contributed by atoms with Crippen LogP contribution in [0.5, 0.6) is 0 Å². The average molecular weight is 322 g/mol. The molecule has 0 unspecified atom stereocenters. The van der Waals surface area contributed by atoms with Crippen LogP contribution in [0.1, 0.15) is 64.7 Å². The molecule has 0 radical (unpaired) electrons. The van der Waals surface area contributed by atoms with Crippen LogP contribution < -0.4 is 5.32 Å². The van der Waals surface area contributed by atoms with E-state index in [0.717, 1.165) is 17.9 Å². The fraction of sp³-hybridized carbons (Fsp3) is 1.00. The summed E-state index contributed by atoms with van der Waals surface area (Å²) < 4.78 is 0. The number of piperazine rings is 1. The first-order chi connectivity index (χ1) is 11.2. The zero-order valence-corrected chi connectivity index (χ0v) is 15.6. The molecule has 3 fully saturated rings. The molecule has 2 saturated carbocycles. The third kappa shape index (κ3) is 5.17. The molecule has 1 aliphatic heterocycles. The molecule has 0 aromatic carbocycles. The highest BCUT2D eigenvalue weighted by Crippen LogP contribution is 2.38. The number of nitrogens with one attached hydrogen (secondary N) is 1. The Bertz CT molecular complexity index is 332. The Labute approximate surface area is 144 Å². The van der Waals surface area contributed by atoms with Crippen LogP contribution in [0.25, 0.3) is 0 Å². The molecule has 1 saturated heterocycles. The maximum Gasteiger partial charge on any atom is 0.0169 e. The summed E-state index contributed by atoms with van der Waals surface area (Å²) in [4.78, 5) is 5.12. The minimum Gasteiger partial charge on any atom is -0.310 e. The van der Waals surface area contributed by atoms with Crippen LogP contribution in [0.2, 0.25) is 0 Å². The summed E-state index contributed by atoms with van der Waals surface area (Å²) >= 11 is 0. The van der Waals surface area contributed by atoms with Crippen LogP contribution in [-0.4, -0.2) is 61.7 Å². The molecule has 0 bridgehead atoms. The first kappa shape index (κ1) is 17.7. The zero-order chi connectivity index (χ0) is 16.1. The summed E-state index contributed by atoms with van der Waals surface area (Å²) in [5, 5.41) is 4.07. The number of nitrogens with zero attached hydrogens (tertiary/aromatic N) is 2. The first-order valence-electron chi connectivity index (χ1n) is 10.4. The van der Waals surface area contributed by atoms with E-state index in [2.05, 4.69) is 29.1 Å². The third-order valence-electron chi connectivity index (χ3n) is 6.70. The molecule has 1 N–H and O–H groups in total. The summed E-state index contributed by atoms with van der Waals surface area (Å²) in [6, 6.07) is 1.45. The van der Waals surface area contributed by atoms with Gasteiger partial charge < -0.3 is 10.2 Å². The fourth-order valence-electron chi connectivity index (χ4n) is 5.33. The zero-order valence-electron chi connectivity index (χ0n) is 15.6. The predicted molar refractivity (Wildman–Crippen MR) is 98.9 cm³/mol. The normalized spacial score (nSPS) is 33.7. The molecule has 3 heteroatoms. The Hall–Kier alpha value is -0.120. The van der Waals surface area contributed by atoms with E-state index in [4.69, 9.17) is 0 Å². The lowest BCUT2D eigenvalue weighted by Gasteiger charge is -2.41. The van der Waals surface area contributed by atoms with Crippen LogP contribution in [0.15, 0.2) is 0 Å². The SMILES string of the molecule is C[C@H](CN1CCN(C)CC1)N[C@H]1CCCC[C@@H]1C1CCCCC1. The van der Waals surface area contributed by atoms with E-state index in [1.165, 1.54) is 90.5 Å². The largest absolute Gasteiger partial charge is 0.310 e. The Morgan fingerprint density at radius 2 is 1.52 bits per heavy atom. The molecule has 134 valence electrons.